The van der Waals surface area contributed by atoms with Gasteiger partial charge in [0.1, 0.15) is 38.5 Å². The molecule has 27 heavy (non-hydrogen) atoms. The summed E-state index contributed by atoms with van der Waals surface area (Å²) in [5.41, 5.74) is 2.50. The summed E-state index contributed by atoms with van der Waals surface area (Å²) < 4.78 is 10.1. The molecule has 7 heteroatoms. The zero-order valence-electron chi connectivity index (χ0n) is 16.7. The van der Waals surface area contributed by atoms with E-state index in [4.69, 9.17) is 4.74 Å². The van der Waals surface area contributed by atoms with Gasteiger partial charge >= 0.3 is 5.97 Å². The van der Waals surface area contributed by atoms with Crippen LogP contribution in [0.4, 0.5) is 0 Å². The molecule has 0 bridgehead atoms. The van der Waals surface area contributed by atoms with E-state index >= 15 is 0 Å². The van der Waals surface area contributed by atoms with Gasteiger partial charge in [-0.25, -0.2) is 0 Å². The molecule has 1 heterocycles. The number of ether oxygens (including phenoxy) is 2. The predicted octanol–water partition coefficient (Wildman–Crippen LogP) is -1.64. The van der Waals surface area contributed by atoms with Crippen molar-refractivity contribution in [3.8, 4) is 5.75 Å². The van der Waals surface area contributed by atoms with Crippen LogP contribution in [-0.2, 0) is 20.9 Å². The highest BCUT2D eigenvalue weighted by molar-refractivity contribution is 5.76. The highest BCUT2D eigenvalue weighted by atomic mass is 16.5. The maximum atomic E-state index is 12.0. The number of aryl methyl sites for hydroxylation is 1. The minimum Gasteiger partial charge on any atom is -0.496 e. The number of amides is 1. The molecule has 7 nitrogen and oxygen atoms in total. The first-order valence-electron chi connectivity index (χ1n) is 9.66. The molecule has 1 amide bonds. The summed E-state index contributed by atoms with van der Waals surface area (Å²) in [6.45, 7) is 8.13. The van der Waals surface area contributed by atoms with Crippen molar-refractivity contribution >= 4 is 11.9 Å². The molecular weight excluding hydrogens is 346 g/mol. The molecule has 1 aromatic carbocycles. The Balaban J connectivity index is 1.69. The van der Waals surface area contributed by atoms with Gasteiger partial charge in [-0.1, -0.05) is 11.6 Å². The van der Waals surface area contributed by atoms with Gasteiger partial charge in [-0.15, -0.1) is 0 Å². The fraction of sp³-hybridized carbons (Fsp3) is 0.600. The zero-order valence-corrected chi connectivity index (χ0v) is 16.7. The van der Waals surface area contributed by atoms with Gasteiger partial charge in [0.25, 0.3) is 5.91 Å². The van der Waals surface area contributed by atoms with Gasteiger partial charge in [-0.05, 0) is 25.5 Å². The number of methoxy groups -OCH3 is 2. The number of hydrogen-bond donors (Lipinski definition) is 3. The number of nitrogens with one attached hydrogen (secondary N) is 3. The van der Waals surface area contributed by atoms with E-state index in [-0.39, 0.29) is 11.9 Å². The normalized spacial score (nSPS) is 19.4. The summed E-state index contributed by atoms with van der Waals surface area (Å²) in [5.74, 6) is 0.770. The van der Waals surface area contributed by atoms with Crippen molar-refractivity contribution in [1.29, 1.82) is 0 Å². The van der Waals surface area contributed by atoms with Gasteiger partial charge in [0.05, 0.1) is 14.2 Å². The Hall–Kier alpha value is -2.12. The van der Waals surface area contributed by atoms with Crippen molar-refractivity contribution in [3.05, 3.63) is 29.3 Å². The average molecular weight is 380 g/mol. The molecule has 0 unspecified atom stereocenters. The first kappa shape index (κ1) is 21.2. The molecule has 0 aromatic heterocycles. The molecule has 3 N–H and O–H groups in total. The van der Waals surface area contributed by atoms with Crippen LogP contribution in [0.15, 0.2) is 18.2 Å². The van der Waals surface area contributed by atoms with E-state index in [1.807, 2.05) is 6.07 Å². The minimum absolute atomic E-state index is 0.0543. The van der Waals surface area contributed by atoms with Crippen LogP contribution in [0.1, 0.15) is 24.0 Å². The lowest BCUT2D eigenvalue weighted by atomic mass is 10.1. The largest absolute Gasteiger partial charge is 0.496 e. The molecule has 150 valence electrons. The number of hydrogen-bond acceptors (Lipinski definition) is 4. The number of carbonyl (C=O) groups is 2. The van der Waals surface area contributed by atoms with Gasteiger partial charge in [0.15, 0.2) is 6.54 Å². The van der Waals surface area contributed by atoms with Crippen LogP contribution in [-0.4, -0.2) is 65.4 Å². The van der Waals surface area contributed by atoms with E-state index in [9.17, 15) is 9.59 Å². The lowest BCUT2D eigenvalue weighted by Crippen LogP contribution is -3.28. The molecular formula is C20H33N3O4+2. The quantitative estimate of drug-likeness (QED) is 0.355. The molecule has 0 aliphatic carbocycles. The van der Waals surface area contributed by atoms with Crippen LogP contribution in [0.2, 0.25) is 0 Å². The van der Waals surface area contributed by atoms with Crippen molar-refractivity contribution < 1.29 is 28.9 Å². The monoisotopic (exact) mass is 379 g/mol. The SMILES string of the molecule is COC(=O)CCCNC(=O)C[NH+]1CC[NH+](Cc2cc(C)ccc2OC)CC1. The average Bonchev–Trinajstić information content (AvgIpc) is 2.67. The number of quaternary nitrogens is 2. The van der Waals surface area contributed by atoms with Gasteiger partial charge in [0.2, 0.25) is 0 Å². The van der Waals surface area contributed by atoms with Crippen LogP contribution < -0.4 is 19.9 Å². The highest BCUT2D eigenvalue weighted by Crippen LogP contribution is 2.18. The predicted molar refractivity (Wildman–Crippen MR) is 102 cm³/mol. The van der Waals surface area contributed by atoms with Gasteiger partial charge in [0, 0.05) is 18.5 Å². The Bertz CT molecular complexity index is 628. The molecule has 1 aromatic rings. The standard InChI is InChI=1S/C20H31N3O4/c1-16-6-7-18(26-2)17(13-16)14-22-9-11-23(12-10-22)15-19(24)21-8-4-5-20(25)27-3/h6-7,13H,4-5,8-12,14-15H2,1-3H3,(H,21,24)/p+2. The van der Waals surface area contributed by atoms with E-state index in [1.165, 1.54) is 28.0 Å². The Labute approximate surface area is 161 Å². The van der Waals surface area contributed by atoms with E-state index in [2.05, 4.69) is 29.1 Å². The second-order valence-electron chi connectivity index (χ2n) is 7.20. The van der Waals surface area contributed by atoms with E-state index in [0.717, 1.165) is 38.5 Å². The second-order valence-corrected chi connectivity index (χ2v) is 7.20. The van der Waals surface area contributed by atoms with E-state index in [0.29, 0.717) is 25.9 Å². The number of rotatable bonds is 9. The third kappa shape index (κ3) is 7.19. The third-order valence-electron chi connectivity index (χ3n) is 5.06. The van der Waals surface area contributed by atoms with Crippen molar-refractivity contribution in [1.82, 2.24) is 5.32 Å². The fourth-order valence-corrected chi connectivity index (χ4v) is 3.48. The summed E-state index contributed by atoms with van der Waals surface area (Å²) in [6.07, 6.45) is 0.956. The van der Waals surface area contributed by atoms with Gasteiger partial charge < -0.3 is 24.6 Å². The van der Waals surface area contributed by atoms with Crippen LogP contribution >= 0.6 is 0 Å². The number of esters is 1. The highest BCUT2D eigenvalue weighted by Gasteiger charge is 2.25. The van der Waals surface area contributed by atoms with E-state index < -0.39 is 0 Å². The fourth-order valence-electron chi connectivity index (χ4n) is 3.48. The molecule has 0 spiro atoms. The van der Waals surface area contributed by atoms with Crippen molar-refractivity contribution in [2.45, 2.75) is 26.3 Å². The maximum Gasteiger partial charge on any atom is 0.305 e. The van der Waals surface area contributed by atoms with E-state index in [1.54, 1.807) is 7.11 Å². The first-order valence-corrected chi connectivity index (χ1v) is 9.66. The zero-order chi connectivity index (χ0) is 19.6. The second kappa shape index (κ2) is 10.9. The smallest absolute Gasteiger partial charge is 0.305 e. The Morgan fingerprint density at radius 2 is 1.81 bits per heavy atom. The lowest BCUT2D eigenvalue weighted by Gasteiger charge is -2.29. The molecule has 2 rings (SSSR count). The van der Waals surface area contributed by atoms with Crippen LogP contribution in [0.25, 0.3) is 0 Å². The Morgan fingerprint density at radius 3 is 2.48 bits per heavy atom. The maximum absolute atomic E-state index is 12.0. The van der Waals surface area contributed by atoms with Crippen molar-refractivity contribution in [2.24, 2.45) is 0 Å². The summed E-state index contributed by atoms with van der Waals surface area (Å²) in [5, 5.41) is 2.89. The molecule has 1 aliphatic heterocycles. The summed E-state index contributed by atoms with van der Waals surface area (Å²) in [6, 6.07) is 6.31. The Morgan fingerprint density at radius 1 is 1.11 bits per heavy atom. The Kier molecular flexibility index (Phi) is 8.54. The van der Waals surface area contributed by atoms with Crippen LogP contribution in [0, 0.1) is 6.92 Å². The molecule has 1 fully saturated rings. The number of piperazine rings is 1. The van der Waals surface area contributed by atoms with Gasteiger partial charge in [-0.2, -0.15) is 0 Å². The van der Waals surface area contributed by atoms with Crippen molar-refractivity contribution in [2.75, 3.05) is 53.5 Å². The molecule has 1 saturated heterocycles. The third-order valence-corrected chi connectivity index (χ3v) is 5.06. The summed E-state index contributed by atoms with van der Waals surface area (Å²) >= 11 is 0. The molecule has 0 radical (unpaired) electrons. The topological polar surface area (TPSA) is 73.5 Å². The lowest BCUT2D eigenvalue weighted by molar-refractivity contribution is -1.02. The number of benzene rings is 1. The number of carbonyl (C=O) groups excluding carboxylic acids is 2. The van der Waals surface area contributed by atoms with Crippen LogP contribution in [0.3, 0.4) is 0 Å². The van der Waals surface area contributed by atoms with Crippen LogP contribution in [0.5, 0.6) is 5.75 Å². The van der Waals surface area contributed by atoms with Gasteiger partial charge in [-0.3, -0.25) is 9.59 Å². The molecule has 0 saturated carbocycles. The summed E-state index contributed by atoms with van der Waals surface area (Å²) in [4.78, 5) is 25.9. The van der Waals surface area contributed by atoms with Crippen molar-refractivity contribution in [3.63, 3.8) is 0 Å². The minimum atomic E-state index is -0.237. The molecule has 1 aliphatic rings. The molecule has 0 atom stereocenters. The summed E-state index contributed by atoms with van der Waals surface area (Å²) in [7, 11) is 3.09. The first-order chi connectivity index (χ1) is 13.0.